The van der Waals surface area contributed by atoms with Gasteiger partial charge in [-0.05, 0) is 38.5 Å². The molecule has 2 rings (SSSR count). The van der Waals surface area contributed by atoms with Gasteiger partial charge in [0.05, 0.1) is 11.7 Å². The zero-order chi connectivity index (χ0) is 13.3. The molecular weight excluding hydrogens is 248 g/mol. The number of hydrogen-bond acceptors (Lipinski definition) is 3. The summed E-state index contributed by atoms with van der Waals surface area (Å²) >= 11 is 6.19. The van der Waals surface area contributed by atoms with Gasteiger partial charge in [0.1, 0.15) is 0 Å². The molecule has 1 fully saturated rings. The van der Waals surface area contributed by atoms with E-state index in [2.05, 4.69) is 30.9 Å². The van der Waals surface area contributed by atoms with Crippen LogP contribution in [-0.2, 0) is 4.74 Å². The molecule has 1 heterocycles. The Bertz CT molecular complexity index is 434. The predicted octanol–water partition coefficient (Wildman–Crippen LogP) is 2.59. The van der Waals surface area contributed by atoms with Crippen molar-refractivity contribution < 1.29 is 4.74 Å². The Kier molecular flexibility index (Phi) is 3.85. The Hall–Kier alpha value is -0.770. The second-order valence-corrected chi connectivity index (χ2v) is 5.96. The highest BCUT2D eigenvalue weighted by atomic mass is 35.5. The highest BCUT2D eigenvalue weighted by Gasteiger charge is 2.32. The number of morpholine rings is 1. The first-order chi connectivity index (χ1) is 8.41. The topological polar surface area (TPSA) is 38.5 Å². The SMILES string of the molecule is Cc1ccc(N2CC(CN)OC(C)(C)C2)cc1Cl. The Balaban J connectivity index is 2.23. The molecule has 1 aromatic rings. The van der Waals surface area contributed by atoms with Gasteiger partial charge in [0.2, 0.25) is 0 Å². The van der Waals surface area contributed by atoms with Gasteiger partial charge in [0, 0.05) is 30.3 Å². The predicted molar refractivity (Wildman–Crippen MR) is 76.4 cm³/mol. The lowest BCUT2D eigenvalue weighted by atomic mass is 10.0. The normalized spacial score (nSPS) is 23.2. The van der Waals surface area contributed by atoms with E-state index in [0.29, 0.717) is 6.54 Å². The van der Waals surface area contributed by atoms with E-state index < -0.39 is 0 Å². The van der Waals surface area contributed by atoms with E-state index in [9.17, 15) is 0 Å². The van der Waals surface area contributed by atoms with Crippen molar-refractivity contribution in [3.05, 3.63) is 28.8 Å². The molecule has 1 unspecified atom stereocenters. The van der Waals surface area contributed by atoms with Crippen LogP contribution in [0.3, 0.4) is 0 Å². The maximum atomic E-state index is 6.19. The zero-order valence-corrected chi connectivity index (χ0v) is 12.0. The molecule has 0 amide bonds. The van der Waals surface area contributed by atoms with Crippen LogP contribution in [0.2, 0.25) is 5.02 Å². The Morgan fingerprint density at radius 2 is 2.22 bits per heavy atom. The van der Waals surface area contributed by atoms with Crippen LogP contribution in [0.15, 0.2) is 18.2 Å². The number of nitrogens with zero attached hydrogens (tertiary/aromatic N) is 1. The third-order valence-corrected chi connectivity index (χ3v) is 3.67. The average molecular weight is 269 g/mol. The van der Waals surface area contributed by atoms with E-state index in [-0.39, 0.29) is 11.7 Å². The Morgan fingerprint density at radius 1 is 1.50 bits per heavy atom. The van der Waals surface area contributed by atoms with Crippen molar-refractivity contribution in [2.24, 2.45) is 5.73 Å². The van der Waals surface area contributed by atoms with E-state index in [1.54, 1.807) is 0 Å². The van der Waals surface area contributed by atoms with Gasteiger partial charge in [-0.25, -0.2) is 0 Å². The molecule has 1 aliphatic rings. The molecule has 18 heavy (non-hydrogen) atoms. The fourth-order valence-electron chi connectivity index (χ4n) is 2.39. The molecule has 4 heteroatoms. The fourth-order valence-corrected chi connectivity index (χ4v) is 2.57. The highest BCUT2D eigenvalue weighted by molar-refractivity contribution is 6.31. The molecule has 0 aliphatic carbocycles. The molecule has 1 aromatic carbocycles. The van der Waals surface area contributed by atoms with Crippen molar-refractivity contribution in [3.63, 3.8) is 0 Å². The van der Waals surface area contributed by atoms with Gasteiger partial charge in [-0.3, -0.25) is 0 Å². The van der Waals surface area contributed by atoms with Crippen LogP contribution in [0.4, 0.5) is 5.69 Å². The van der Waals surface area contributed by atoms with E-state index in [1.807, 2.05) is 13.0 Å². The van der Waals surface area contributed by atoms with E-state index in [4.69, 9.17) is 22.1 Å². The minimum atomic E-state index is -0.181. The molecular formula is C14H21ClN2O. The summed E-state index contributed by atoms with van der Waals surface area (Å²) in [5.41, 5.74) is 7.80. The minimum absolute atomic E-state index is 0.0776. The molecule has 0 radical (unpaired) electrons. The second kappa shape index (κ2) is 5.08. The largest absolute Gasteiger partial charge is 0.367 e. The van der Waals surface area contributed by atoms with E-state index >= 15 is 0 Å². The van der Waals surface area contributed by atoms with Crippen LogP contribution in [-0.4, -0.2) is 31.3 Å². The first-order valence-corrected chi connectivity index (χ1v) is 6.68. The summed E-state index contributed by atoms with van der Waals surface area (Å²) < 4.78 is 5.93. The molecule has 1 atom stereocenters. The zero-order valence-electron chi connectivity index (χ0n) is 11.2. The summed E-state index contributed by atoms with van der Waals surface area (Å²) in [5.74, 6) is 0. The highest BCUT2D eigenvalue weighted by Crippen LogP contribution is 2.28. The lowest BCUT2D eigenvalue weighted by Gasteiger charge is -2.43. The summed E-state index contributed by atoms with van der Waals surface area (Å²) in [6, 6.07) is 6.18. The van der Waals surface area contributed by atoms with Crippen molar-refractivity contribution in [3.8, 4) is 0 Å². The number of anilines is 1. The first kappa shape index (κ1) is 13.7. The van der Waals surface area contributed by atoms with Crippen LogP contribution in [0, 0.1) is 6.92 Å². The average Bonchev–Trinajstić information content (AvgIpc) is 2.30. The second-order valence-electron chi connectivity index (χ2n) is 5.55. The molecule has 100 valence electrons. The molecule has 2 N–H and O–H groups in total. The number of benzene rings is 1. The maximum absolute atomic E-state index is 6.19. The monoisotopic (exact) mass is 268 g/mol. The van der Waals surface area contributed by atoms with Gasteiger partial charge in [0.25, 0.3) is 0 Å². The number of rotatable bonds is 2. The fraction of sp³-hybridized carbons (Fsp3) is 0.571. The van der Waals surface area contributed by atoms with Crippen LogP contribution < -0.4 is 10.6 Å². The molecule has 1 saturated heterocycles. The summed E-state index contributed by atoms with van der Waals surface area (Å²) in [4.78, 5) is 2.30. The molecule has 0 bridgehead atoms. The van der Waals surface area contributed by atoms with Gasteiger partial charge in [-0.2, -0.15) is 0 Å². The molecule has 3 nitrogen and oxygen atoms in total. The van der Waals surface area contributed by atoms with Gasteiger partial charge < -0.3 is 15.4 Å². The van der Waals surface area contributed by atoms with Crippen LogP contribution in [0.5, 0.6) is 0 Å². The van der Waals surface area contributed by atoms with Crippen LogP contribution in [0.1, 0.15) is 19.4 Å². The molecule has 0 saturated carbocycles. The molecule has 1 aliphatic heterocycles. The number of nitrogens with two attached hydrogens (primary N) is 1. The Labute approximate surface area is 114 Å². The summed E-state index contributed by atoms with van der Waals surface area (Å²) in [6.07, 6.45) is 0.0776. The Morgan fingerprint density at radius 3 is 2.83 bits per heavy atom. The van der Waals surface area contributed by atoms with E-state index in [1.165, 1.54) is 0 Å². The smallest absolute Gasteiger partial charge is 0.0879 e. The maximum Gasteiger partial charge on any atom is 0.0879 e. The van der Waals surface area contributed by atoms with E-state index in [0.717, 1.165) is 29.4 Å². The van der Waals surface area contributed by atoms with Gasteiger partial charge in [0.15, 0.2) is 0 Å². The van der Waals surface area contributed by atoms with Crippen LogP contribution >= 0.6 is 11.6 Å². The molecule has 0 aromatic heterocycles. The third-order valence-electron chi connectivity index (χ3n) is 3.26. The number of ether oxygens (including phenoxy) is 1. The summed E-state index contributed by atoms with van der Waals surface area (Å²) in [7, 11) is 0. The number of hydrogen-bond donors (Lipinski definition) is 1. The minimum Gasteiger partial charge on any atom is -0.367 e. The number of halogens is 1. The quantitative estimate of drug-likeness (QED) is 0.896. The van der Waals surface area contributed by atoms with Crippen molar-refractivity contribution in [2.75, 3.05) is 24.5 Å². The lowest BCUT2D eigenvalue weighted by Crippen LogP contribution is -2.54. The number of aryl methyl sites for hydroxylation is 1. The van der Waals surface area contributed by atoms with Crippen molar-refractivity contribution in [1.82, 2.24) is 0 Å². The summed E-state index contributed by atoms with van der Waals surface area (Å²) in [6.45, 7) is 8.41. The van der Waals surface area contributed by atoms with Crippen molar-refractivity contribution in [1.29, 1.82) is 0 Å². The van der Waals surface area contributed by atoms with Crippen molar-refractivity contribution >= 4 is 17.3 Å². The summed E-state index contributed by atoms with van der Waals surface area (Å²) in [5, 5.41) is 0.807. The van der Waals surface area contributed by atoms with Gasteiger partial charge >= 0.3 is 0 Å². The van der Waals surface area contributed by atoms with Gasteiger partial charge in [-0.1, -0.05) is 17.7 Å². The molecule has 0 spiro atoms. The third kappa shape index (κ3) is 2.97. The first-order valence-electron chi connectivity index (χ1n) is 6.30. The van der Waals surface area contributed by atoms with Gasteiger partial charge in [-0.15, -0.1) is 0 Å². The standard InChI is InChI=1S/C14H21ClN2O/c1-10-4-5-11(6-13(10)15)17-8-12(7-16)18-14(2,3)9-17/h4-6,12H,7-9,16H2,1-3H3. The lowest BCUT2D eigenvalue weighted by molar-refractivity contribution is -0.0788. The van der Waals surface area contributed by atoms with Crippen LogP contribution in [0.25, 0.3) is 0 Å². The van der Waals surface area contributed by atoms with Crippen molar-refractivity contribution in [2.45, 2.75) is 32.5 Å².